The molecule has 0 aromatic rings. The molecule has 1 aliphatic rings. The standard InChI is InChI=1S/C15H30N4/c1-12(2)9-14(19-7-5-6-8-19)11-18-15(16)17-10-13(3)4/h12,14H,3,5-11H2,1-2,4H3,(H3,16,17,18). The van der Waals surface area contributed by atoms with Gasteiger partial charge < -0.3 is 11.1 Å². The van der Waals surface area contributed by atoms with Crippen molar-refractivity contribution in [1.82, 2.24) is 10.2 Å². The number of guanidine groups is 1. The molecule has 3 N–H and O–H groups in total. The van der Waals surface area contributed by atoms with Gasteiger partial charge in [-0.25, -0.2) is 0 Å². The molecule has 1 heterocycles. The molecule has 4 heteroatoms. The molecule has 4 nitrogen and oxygen atoms in total. The lowest BCUT2D eigenvalue weighted by Gasteiger charge is -2.27. The molecule has 1 saturated heterocycles. The molecule has 0 aromatic carbocycles. The fourth-order valence-electron chi connectivity index (χ4n) is 2.49. The van der Waals surface area contributed by atoms with E-state index in [0.717, 1.165) is 12.1 Å². The van der Waals surface area contributed by atoms with Crippen LogP contribution in [-0.4, -0.2) is 43.1 Å². The monoisotopic (exact) mass is 266 g/mol. The molecule has 1 rings (SSSR count). The molecule has 0 aliphatic carbocycles. The van der Waals surface area contributed by atoms with E-state index in [1.54, 1.807) is 0 Å². The largest absolute Gasteiger partial charge is 0.370 e. The van der Waals surface area contributed by atoms with Gasteiger partial charge in [-0.1, -0.05) is 26.0 Å². The van der Waals surface area contributed by atoms with E-state index in [4.69, 9.17) is 5.73 Å². The van der Waals surface area contributed by atoms with Gasteiger partial charge in [0.15, 0.2) is 5.96 Å². The summed E-state index contributed by atoms with van der Waals surface area (Å²) < 4.78 is 0. The second-order valence-corrected chi connectivity index (χ2v) is 6.06. The highest BCUT2D eigenvalue weighted by Crippen LogP contribution is 2.17. The SMILES string of the molecule is C=C(C)CNC(N)=NCC(CC(C)C)N1CCCC1. The first-order valence-corrected chi connectivity index (χ1v) is 7.41. The summed E-state index contributed by atoms with van der Waals surface area (Å²) >= 11 is 0. The predicted molar refractivity (Wildman–Crippen MR) is 83.4 cm³/mol. The molecule has 0 saturated carbocycles. The summed E-state index contributed by atoms with van der Waals surface area (Å²) in [6.07, 6.45) is 3.83. The second-order valence-electron chi connectivity index (χ2n) is 6.06. The average molecular weight is 266 g/mol. The number of nitrogens with one attached hydrogen (secondary N) is 1. The van der Waals surface area contributed by atoms with Crippen LogP contribution in [0.15, 0.2) is 17.1 Å². The Balaban J connectivity index is 2.46. The van der Waals surface area contributed by atoms with Gasteiger partial charge >= 0.3 is 0 Å². The van der Waals surface area contributed by atoms with E-state index in [-0.39, 0.29) is 0 Å². The van der Waals surface area contributed by atoms with Crippen LogP contribution in [0.1, 0.15) is 40.0 Å². The summed E-state index contributed by atoms with van der Waals surface area (Å²) in [5, 5.41) is 3.09. The smallest absolute Gasteiger partial charge is 0.188 e. The quantitative estimate of drug-likeness (QED) is 0.421. The lowest BCUT2D eigenvalue weighted by molar-refractivity contribution is 0.218. The first-order chi connectivity index (χ1) is 8.99. The summed E-state index contributed by atoms with van der Waals surface area (Å²) in [5.41, 5.74) is 6.95. The van der Waals surface area contributed by atoms with Crippen LogP contribution in [0.2, 0.25) is 0 Å². The minimum atomic E-state index is 0.535. The highest BCUT2D eigenvalue weighted by atomic mass is 15.2. The van der Waals surface area contributed by atoms with Crippen LogP contribution in [0, 0.1) is 5.92 Å². The molecule has 0 bridgehead atoms. The van der Waals surface area contributed by atoms with Crippen LogP contribution in [0.3, 0.4) is 0 Å². The van der Waals surface area contributed by atoms with E-state index < -0.39 is 0 Å². The number of hydrogen-bond acceptors (Lipinski definition) is 2. The van der Waals surface area contributed by atoms with Crippen LogP contribution in [0.5, 0.6) is 0 Å². The topological polar surface area (TPSA) is 53.6 Å². The minimum absolute atomic E-state index is 0.535. The zero-order valence-corrected chi connectivity index (χ0v) is 12.8. The highest BCUT2D eigenvalue weighted by molar-refractivity contribution is 5.78. The molecule has 19 heavy (non-hydrogen) atoms. The van der Waals surface area contributed by atoms with E-state index in [2.05, 4.69) is 35.6 Å². The molecule has 0 radical (unpaired) electrons. The molecule has 0 spiro atoms. The summed E-state index contributed by atoms with van der Waals surface area (Å²) in [4.78, 5) is 7.06. The lowest BCUT2D eigenvalue weighted by atomic mass is 10.0. The van der Waals surface area contributed by atoms with Gasteiger partial charge in [0.25, 0.3) is 0 Å². The number of hydrogen-bond donors (Lipinski definition) is 2. The van der Waals surface area contributed by atoms with E-state index >= 15 is 0 Å². The van der Waals surface area contributed by atoms with Gasteiger partial charge in [-0.3, -0.25) is 9.89 Å². The Bertz CT molecular complexity index is 303. The van der Waals surface area contributed by atoms with E-state index in [1.807, 2.05) is 6.92 Å². The highest BCUT2D eigenvalue weighted by Gasteiger charge is 2.22. The van der Waals surface area contributed by atoms with Crippen molar-refractivity contribution in [2.45, 2.75) is 46.1 Å². The predicted octanol–water partition coefficient (Wildman–Crippen LogP) is 1.98. The van der Waals surface area contributed by atoms with Crippen molar-refractivity contribution < 1.29 is 0 Å². The molecule has 1 fully saturated rings. The van der Waals surface area contributed by atoms with Gasteiger partial charge in [-0.05, 0) is 45.2 Å². The van der Waals surface area contributed by atoms with Gasteiger partial charge in [-0.15, -0.1) is 0 Å². The van der Waals surface area contributed by atoms with E-state index in [0.29, 0.717) is 24.5 Å². The molecule has 110 valence electrons. The minimum Gasteiger partial charge on any atom is -0.370 e. The molecule has 1 unspecified atom stereocenters. The zero-order chi connectivity index (χ0) is 14.3. The molecular weight excluding hydrogens is 236 g/mol. The average Bonchev–Trinajstić information content (AvgIpc) is 2.85. The van der Waals surface area contributed by atoms with Crippen LogP contribution in [-0.2, 0) is 0 Å². The summed E-state index contributed by atoms with van der Waals surface area (Å²) in [7, 11) is 0. The zero-order valence-electron chi connectivity index (χ0n) is 12.8. The second kappa shape index (κ2) is 8.20. The van der Waals surface area contributed by atoms with Gasteiger partial charge in [-0.2, -0.15) is 0 Å². The summed E-state index contributed by atoms with van der Waals surface area (Å²) in [6.45, 7) is 14.3. The molecule has 0 aromatic heterocycles. The molecule has 1 aliphatic heterocycles. The van der Waals surface area contributed by atoms with Gasteiger partial charge in [0, 0.05) is 12.6 Å². The maximum atomic E-state index is 5.88. The maximum Gasteiger partial charge on any atom is 0.188 e. The van der Waals surface area contributed by atoms with Gasteiger partial charge in [0.1, 0.15) is 0 Å². The Morgan fingerprint density at radius 2 is 2.00 bits per heavy atom. The Morgan fingerprint density at radius 1 is 1.37 bits per heavy atom. The first kappa shape index (κ1) is 16.0. The van der Waals surface area contributed by atoms with Crippen LogP contribution in [0.4, 0.5) is 0 Å². The van der Waals surface area contributed by atoms with Crippen LogP contribution in [0.25, 0.3) is 0 Å². The van der Waals surface area contributed by atoms with Crippen molar-refractivity contribution in [1.29, 1.82) is 0 Å². The fraction of sp³-hybridized carbons (Fsp3) is 0.800. The lowest BCUT2D eigenvalue weighted by Crippen LogP contribution is -2.38. The van der Waals surface area contributed by atoms with Crippen molar-refractivity contribution in [3.63, 3.8) is 0 Å². The fourth-order valence-corrected chi connectivity index (χ4v) is 2.49. The number of nitrogens with two attached hydrogens (primary N) is 1. The van der Waals surface area contributed by atoms with Crippen LogP contribution >= 0.6 is 0 Å². The van der Waals surface area contributed by atoms with Gasteiger partial charge in [0.05, 0.1) is 6.54 Å². The van der Waals surface area contributed by atoms with Crippen LogP contribution < -0.4 is 11.1 Å². The molecule has 1 atom stereocenters. The third-order valence-electron chi connectivity index (χ3n) is 3.44. The molecular formula is C15H30N4. The Morgan fingerprint density at radius 3 is 2.53 bits per heavy atom. The molecule has 0 amide bonds. The number of likely N-dealkylation sites (tertiary alicyclic amines) is 1. The Labute approximate surface area is 118 Å². The third-order valence-corrected chi connectivity index (χ3v) is 3.44. The van der Waals surface area contributed by atoms with Crippen molar-refractivity contribution in [2.24, 2.45) is 16.6 Å². The number of rotatable bonds is 7. The van der Waals surface area contributed by atoms with Crippen molar-refractivity contribution in [3.05, 3.63) is 12.2 Å². The van der Waals surface area contributed by atoms with E-state index in [9.17, 15) is 0 Å². The maximum absolute atomic E-state index is 5.88. The van der Waals surface area contributed by atoms with Gasteiger partial charge in [0.2, 0.25) is 0 Å². The van der Waals surface area contributed by atoms with Crippen molar-refractivity contribution in [2.75, 3.05) is 26.2 Å². The Kier molecular flexibility index (Phi) is 6.92. The van der Waals surface area contributed by atoms with E-state index in [1.165, 1.54) is 32.4 Å². The summed E-state index contributed by atoms with van der Waals surface area (Å²) in [6, 6.07) is 0.535. The first-order valence-electron chi connectivity index (χ1n) is 7.41. The number of aliphatic imine (C=N–C) groups is 1. The summed E-state index contributed by atoms with van der Waals surface area (Å²) in [5.74, 6) is 1.24. The number of nitrogens with zero attached hydrogens (tertiary/aromatic N) is 2. The van der Waals surface area contributed by atoms with Crippen molar-refractivity contribution >= 4 is 5.96 Å². The third kappa shape index (κ3) is 6.62. The van der Waals surface area contributed by atoms with Crippen molar-refractivity contribution in [3.8, 4) is 0 Å². The Hall–Kier alpha value is -1.03. The normalized spacial score (nSPS) is 18.8.